The summed E-state index contributed by atoms with van der Waals surface area (Å²) < 4.78 is 5.12. The highest BCUT2D eigenvalue weighted by Gasteiger charge is 2.44. The molecule has 0 aliphatic carbocycles. The number of likely N-dealkylation sites (tertiary alicyclic amines) is 1. The molecule has 2 aliphatic heterocycles. The number of piperidine rings is 1. The van der Waals surface area contributed by atoms with E-state index in [4.69, 9.17) is 4.74 Å². The topological polar surface area (TPSA) is 49.9 Å². The summed E-state index contributed by atoms with van der Waals surface area (Å²) in [4.78, 5) is 28.6. The first-order chi connectivity index (χ1) is 10.6. The minimum atomic E-state index is -0.301. The molecule has 2 saturated heterocycles. The third-order valence-corrected chi connectivity index (χ3v) is 4.71. The van der Waals surface area contributed by atoms with E-state index in [1.54, 1.807) is 31.4 Å². The average Bonchev–Trinajstić information content (AvgIpc) is 2.83. The minimum Gasteiger partial charge on any atom is -0.497 e. The van der Waals surface area contributed by atoms with Gasteiger partial charge < -0.3 is 4.74 Å². The van der Waals surface area contributed by atoms with Crippen molar-refractivity contribution in [2.45, 2.75) is 44.7 Å². The van der Waals surface area contributed by atoms with Gasteiger partial charge in [-0.05, 0) is 50.6 Å². The Kier molecular flexibility index (Phi) is 4.16. The lowest BCUT2D eigenvalue weighted by atomic mass is 10.0. The number of ether oxygens (including phenoxy) is 1. The lowest BCUT2D eigenvalue weighted by molar-refractivity contribution is -0.123. The summed E-state index contributed by atoms with van der Waals surface area (Å²) in [7, 11) is 1.59. The van der Waals surface area contributed by atoms with E-state index in [2.05, 4.69) is 11.8 Å². The number of benzene rings is 1. The fraction of sp³-hybridized carbons (Fsp3) is 0.529. The van der Waals surface area contributed by atoms with Crippen LogP contribution in [0.25, 0.3) is 0 Å². The molecule has 3 rings (SSSR count). The van der Waals surface area contributed by atoms with Crippen LogP contribution in [-0.2, 0) is 9.59 Å². The van der Waals surface area contributed by atoms with E-state index in [9.17, 15) is 9.59 Å². The van der Waals surface area contributed by atoms with Gasteiger partial charge in [-0.25, -0.2) is 4.90 Å². The first kappa shape index (κ1) is 15.0. The Morgan fingerprint density at radius 1 is 1.14 bits per heavy atom. The van der Waals surface area contributed by atoms with Crippen LogP contribution in [0.1, 0.15) is 32.6 Å². The quantitative estimate of drug-likeness (QED) is 0.803. The monoisotopic (exact) mass is 302 g/mol. The summed E-state index contributed by atoms with van der Waals surface area (Å²) in [5.41, 5.74) is 0.628. The molecule has 0 N–H and O–H groups in total. The fourth-order valence-corrected chi connectivity index (χ4v) is 3.46. The standard InChI is InChI=1S/C17H22N2O3/c1-12-5-3-4-10-18(12)15-11-16(20)19(17(15)21)13-6-8-14(22-2)9-7-13/h6-9,12,15H,3-5,10-11H2,1-2H3. The van der Waals surface area contributed by atoms with Gasteiger partial charge >= 0.3 is 0 Å². The second-order valence-corrected chi connectivity index (χ2v) is 6.07. The summed E-state index contributed by atoms with van der Waals surface area (Å²) >= 11 is 0. The van der Waals surface area contributed by atoms with E-state index in [0.717, 1.165) is 19.4 Å². The van der Waals surface area contributed by atoms with Crippen molar-refractivity contribution >= 4 is 17.5 Å². The van der Waals surface area contributed by atoms with Gasteiger partial charge in [0.05, 0.1) is 25.3 Å². The smallest absolute Gasteiger partial charge is 0.251 e. The Labute approximate surface area is 130 Å². The van der Waals surface area contributed by atoms with Crippen molar-refractivity contribution in [3.8, 4) is 5.75 Å². The number of nitrogens with zero attached hydrogens (tertiary/aromatic N) is 2. The zero-order valence-corrected chi connectivity index (χ0v) is 13.1. The Bertz CT molecular complexity index is 570. The number of carbonyl (C=O) groups is 2. The molecule has 2 atom stereocenters. The molecule has 0 radical (unpaired) electrons. The Balaban J connectivity index is 1.81. The largest absolute Gasteiger partial charge is 0.497 e. The van der Waals surface area contributed by atoms with Gasteiger partial charge in [0.25, 0.3) is 5.91 Å². The molecule has 0 saturated carbocycles. The maximum Gasteiger partial charge on any atom is 0.251 e. The molecule has 0 aromatic heterocycles. The molecule has 1 aromatic rings. The second-order valence-electron chi connectivity index (χ2n) is 6.07. The number of carbonyl (C=O) groups excluding carboxylic acids is 2. The molecular formula is C17H22N2O3. The molecule has 1 aromatic carbocycles. The second kappa shape index (κ2) is 6.08. The van der Waals surface area contributed by atoms with Gasteiger partial charge in [-0.1, -0.05) is 6.42 Å². The van der Waals surface area contributed by atoms with Crippen LogP contribution in [0.15, 0.2) is 24.3 Å². The number of methoxy groups -OCH3 is 1. The highest BCUT2D eigenvalue weighted by atomic mass is 16.5. The maximum absolute atomic E-state index is 12.7. The van der Waals surface area contributed by atoms with Crippen LogP contribution in [-0.4, -0.2) is 42.5 Å². The van der Waals surface area contributed by atoms with Crippen LogP contribution >= 0.6 is 0 Å². The predicted octanol–water partition coefficient (Wildman–Crippen LogP) is 2.20. The van der Waals surface area contributed by atoms with Crippen LogP contribution in [0.2, 0.25) is 0 Å². The third kappa shape index (κ3) is 2.61. The van der Waals surface area contributed by atoms with Crippen LogP contribution in [0.4, 0.5) is 5.69 Å². The number of rotatable bonds is 3. The van der Waals surface area contributed by atoms with Gasteiger partial charge in [0, 0.05) is 6.04 Å². The average molecular weight is 302 g/mol. The summed E-state index contributed by atoms with van der Waals surface area (Å²) in [6, 6.07) is 7.13. The van der Waals surface area contributed by atoms with Crippen molar-refractivity contribution in [2.24, 2.45) is 0 Å². The van der Waals surface area contributed by atoms with E-state index in [1.807, 2.05) is 0 Å². The van der Waals surface area contributed by atoms with Crippen LogP contribution in [0, 0.1) is 0 Å². The van der Waals surface area contributed by atoms with Crippen LogP contribution < -0.4 is 9.64 Å². The maximum atomic E-state index is 12.7. The van der Waals surface area contributed by atoms with Crippen molar-refractivity contribution < 1.29 is 14.3 Å². The summed E-state index contributed by atoms with van der Waals surface area (Å²) in [6.45, 7) is 3.05. The highest BCUT2D eigenvalue weighted by Crippen LogP contribution is 2.30. The molecule has 0 bridgehead atoms. The van der Waals surface area contributed by atoms with Gasteiger partial charge in [-0.3, -0.25) is 14.5 Å². The molecule has 2 aliphatic rings. The fourth-order valence-electron chi connectivity index (χ4n) is 3.46. The number of imide groups is 1. The van der Waals surface area contributed by atoms with Crippen molar-refractivity contribution in [1.29, 1.82) is 0 Å². The van der Waals surface area contributed by atoms with Gasteiger partial charge in [-0.2, -0.15) is 0 Å². The minimum absolute atomic E-state index is 0.0936. The molecule has 2 amide bonds. The van der Waals surface area contributed by atoms with Gasteiger partial charge in [0.1, 0.15) is 5.75 Å². The molecule has 2 unspecified atom stereocenters. The zero-order chi connectivity index (χ0) is 15.7. The van der Waals surface area contributed by atoms with E-state index in [0.29, 0.717) is 17.5 Å². The molecule has 5 heteroatoms. The number of hydrogen-bond donors (Lipinski definition) is 0. The van der Waals surface area contributed by atoms with Crippen molar-refractivity contribution in [3.63, 3.8) is 0 Å². The number of amides is 2. The van der Waals surface area contributed by atoms with E-state index < -0.39 is 0 Å². The Hall–Kier alpha value is -1.88. The Morgan fingerprint density at radius 3 is 2.50 bits per heavy atom. The van der Waals surface area contributed by atoms with E-state index in [-0.39, 0.29) is 24.3 Å². The molecule has 2 fully saturated rings. The van der Waals surface area contributed by atoms with Crippen LogP contribution in [0.5, 0.6) is 5.75 Å². The summed E-state index contributed by atoms with van der Waals surface area (Å²) in [5, 5.41) is 0. The molecule has 2 heterocycles. The van der Waals surface area contributed by atoms with Crippen molar-refractivity contribution in [1.82, 2.24) is 4.90 Å². The first-order valence-electron chi connectivity index (χ1n) is 7.88. The third-order valence-electron chi connectivity index (χ3n) is 4.71. The molecule has 118 valence electrons. The van der Waals surface area contributed by atoms with Crippen LogP contribution in [0.3, 0.4) is 0 Å². The predicted molar refractivity (Wildman–Crippen MR) is 83.9 cm³/mol. The molecule has 0 spiro atoms. The highest BCUT2D eigenvalue weighted by molar-refractivity contribution is 6.22. The first-order valence-corrected chi connectivity index (χ1v) is 7.88. The molecular weight excluding hydrogens is 280 g/mol. The van der Waals surface area contributed by atoms with E-state index in [1.165, 1.54) is 11.3 Å². The Morgan fingerprint density at radius 2 is 1.86 bits per heavy atom. The summed E-state index contributed by atoms with van der Waals surface area (Å²) in [6.07, 6.45) is 3.69. The number of anilines is 1. The number of hydrogen-bond acceptors (Lipinski definition) is 4. The van der Waals surface area contributed by atoms with Crippen molar-refractivity contribution in [3.05, 3.63) is 24.3 Å². The SMILES string of the molecule is COc1ccc(N2C(=O)CC(N3CCCCC3C)C2=O)cc1. The van der Waals surface area contributed by atoms with Gasteiger partial charge in [0.15, 0.2) is 0 Å². The normalized spacial score (nSPS) is 26.5. The van der Waals surface area contributed by atoms with E-state index >= 15 is 0 Å². The molecule has 22 heavy (non-hydrogen) atoms. The van der Waals surface area contributed by atoms with Gasteiger partial charge in [0.2, 0.25) is 5.91 Å². The van der Waals surface area contributed by atoms with Gasteiger partial charge in [-0.15, -0.1) is 0 Å². The molecule has 5 nitrogen and oxygen atoms in total. The zero-order valence-electron chi connectivity index (χ0n) is 13.1. The lowest BCUT2D eigenvalue weighted by Gasteiger charge is -2.36. The lowest BCUT2D eigenvalue weighted by Crippen LogP contribution is -2.48. The van der Waals surface area contributed by atoms with Crippen molar-refractivity contribution in [2.75, 3.05) is 18.6 Å². The summed E-state index contributed by atoms with van der Waals surface area (Å²) in [5.74, 6) is 0.505.